The Balaban J connectivity index is 1.14. The van der Waals surface area contributed by atoms with Gasteiger partial charge in [0.2, 0.25) is 0 Å². The third-order valence-electron chi connectivity index (χ3n) is 9.20. The van der Waals surface area contributed by atoms with Crippen LogP contribution in [0.5, 0.6) is 0 Å². The Morgan fingerprint density at radius 3 is 1.89 bits per heavy atom. The molecule has 0 aliphatic carbocycles. The minimum Gasteiger partial charge on any atom is -0.455 e. The van der Waals surface area contributed by atoms with E-state index in [1.807, 2.05) is 17.4 Å². The van der Waals surface area contributed by atoms with Gasteiger partial charge < -0.3 is 8.98 Å². The molecule has 0 bridgehead atoms. The summed E-state index contributed by atoms with van der Waals surface area (Å²) in [6.07, 6.45) is 0. The van der Waals surface area contributed by atoms with Crippen molar-refractivity contribution in [1.29, 1.82) is 0 Å². The molecule has 0 unspecified atom stereocenters. The first-order valence-electron chi connectivity index (χ1n) is 15.3. The highest BCUT2D eigenvalue weighted by atomic mass is 32.1. The van der Waals surface area contributed by atoms with Crippen molar-refractivity contribution in [2.45, 2.75) is 0 Å². The van der Waals surface area contributed by atoms with Crippen LogP contribution < -0.4 is 0 Å². The molecular formula is C42H25NOS. The summed E-state index contributed by atoms with van der Waals surface area (Å²) in [5.74, 6) is 0. The number of rotatable bonds is 3. The molecule has 0 N–H and O–H groups in total. The molecule has 210 valence electrons. The van der Waals surface area contributed by atoms with Crippen LogP contribution in [0, 0.1) is 0 Å². The quantitative estimate of drug-likeness (QED) is 0.200. The number of nitrogens with zero attached hydrogens (tertiary/aromatic N) is 1. The first kappa shape index (κ1) is 24.8. The Bertz CT molecular complexity index is 2700. The van der Waals surface area contributed by atoms with Gasteiger partial charge in [0.25, 0.3) is 0 Å². The summed E-state index contributed by atoms with van der Waals surface area (Å²) in [5, 5.41) is 7.33. The summed E-state index contributed by atoms with van der Waals surface area (Å²) in [6, 6.07) is 54.7. The van der Waals surface area contributed by atoms with E-state index in [1.165, 1.54) is 64.2 Å². The van der Waals surface area contributed by atoms with Gasteiger partial charge in [-0.15, -0.1) is 11.3 Å². The van der Waals surface area contributed by atoms with Gasteiger partial charge in [0, 0.05) is 53.0 Å². The van der Waals surface area contributed by atoms with Crippen molar-refractivity contribution in [3.8, 4) is 27.9 Å². The lowest BCUT2D eigenvalue weighted by Gasteiger charge is -2.11. The van der Waals surface area contributed by atoms with Gasteiger partial charge >= 0.3 is 0 Å². The van der Waals surface area contributed by atoms with Crippen LogP contribution in [0.4, 0.5) is 0 Å². The maximum absolute atomic E-state index is 6.52. The minimum atomic E-state index is 0.929. The molecule has 0 saturated heterocycles. The van der Waals surface area contributed by atoms with Crippen LogP contribution in [0.1, 0.15) is 0 Å². The molecule has 7 aromatic carbocycles. The van der Waals surface area contributed by atoms with Gasteiger partial charge in [-0.2, -0.15) is 0 Å². The van der Waals surface area contributed by atoms with Crippen molar-refractivity contribution in [2.24, 2.45) is 0 Å². The Hall–Kier alpha value is -5.64. The molecule has 0 fully saturated rings. The van der Waals surface area contributed by atoms with E-state index in [4.69, 9.17) is 4.42 Å². The highest BCUT2D eigenvalue weighted by molar-refractivity contribution is 7.26. The fourth-order valence-corrected chi connectivity index (χ4v) is 8.39. The minimum absolute atomic E-state index is 0.929. The Morgan fingerprint density at radius 2 is 1.11 bits per heavy atom. The monoisotopic (exact) mass is 591 g/mol. The van der Waals surface area contributed by atoms with Crippen molar-refractivity contribution in [3.05, 3.63) is 152 Å². The summed E-state index contributed by atoms with van der Waals surface area (Å²) >= 11 is 1.85. The maximum Gasteiger partial charge on any atom is 0.144 e. The summed E-state index contributed by atoms with van der Waals surface area (Å²) in [4.78, 5) is 0. The molecule has 45 heavy (non-hydrogen) atoms. The third-order valence-corrected chi connectivity index (χ3v) is 10.4. The van der Waals surface area contributed by atoms with Gasteiger partial charge in [-0.25, -0.2) is 0 Å². The maximum atomic E-state index is 6.52. The van der Waals surface area contributed by atoms with Crippen molar-refractivity contribution in [3.63, 3.8) is 0 Å². The van der Waals surface area contributed by atoms with Crippen molar-refractivity contribution in [2.75, 3.05) is 0 Å². The highest BCUT2D eigenvalue weighted by Crippen LogP contribution is 2.47. The molecule has 10 aromatic rings. The Kier molecular flexibility index (Phi) is 5.19. The second-order valence-electron chi connectivity index (χ2n) is 11.7. The van der Waals surface area contributed by atoms with E-state index in [-0.39, 0.29) is 0 Å². The molecule has 0 spiro atoms. The van der Waals surface area contributed by atoms with E-state index >= 15 is 0 Å². The fourth-order valence-electron chi connectivity index (χ4n) is 7.15. The second-order valence-corrected chi connectivity index (χ2v) is 12.8. The normalized spacial score (nSPS) is 12.0. The van der Waals surface area contributed by atoms with Gasteiger partial charge in [0.05, 0.1) is 11.0 Å². The number of furan rings is 1. The van der Waals surface area contributed by atoms with Crippen LogP contribution in [0.2, 0.25) is 0 Å². The second kappa shape index (κ2) is 9.43. The summed E-state index contributed by atoms with van der Waals surface area (Å²) in [7, 11) is 0. The zero-order valence-corrected chi connectivity index (χ0v) is 25.0. The molecule has 0 radical (unpaired) electrons. The number of para-hydroxylation sites is 3. The van der Waals surface area contributed by atoms with Crippen LogP contribution in [-0.2, 0) is 0 Å². The van der Waals surface area contributed by atoms with Crippen LogP contribution in [-0.4, -0.2) is 4.57 Å². The smallest absolute Gasteiger partial charge is 0.144 e. The number of fused-ring (bicyclic) bond motifs is 10. The van der Waals surface area contributed by atoms with Gasteiger partial charge in [0.15, 0.2) is 0 Å². The first-order valence-corrected chi connectivity index (χ1v) is 16.1. The van der Waals surface area contributed by atoms with Crippen molar-refractivity contribution < 1.29 is 4.42 Å². The number of aromatic nitrogens is 1. The number of thiophene rings is 1. The zero-order chi connectivity index (χ0) is 29.5. The third kappa shape index (κ3) is 3.62. The zero-order valence-electron chi connectivity index (χ0n) is 24.2. The van der Waals surface area contributed by atoms with E-state index in [9.17, 15) is 0 Å². The predicted octanol–water partition coefficient (Wildman–Crippen LogP) is 12.4. The summed E-state index contributed by atoms with van der Waals surface area (Å²) < 4.78 is 11.4. The largest absolute Gasteiger partial charge is 0.455 e. The van der Waals surface area contributed by atoms with Gasteiger partial charge in [0.1, 0.15) is 11.2 Å². The van der Waals surface area contributed by atoms with Gasteiger partial charge in [-0.1, -0.05) is 103 Å². The molecule has 10 rings (SSSR count). The molecular weight excluding hydrogens is 567 g/mol. The van der Waals surface area contributed by atoms with Crippen LogP contribution in [0.3, 0.4) is 0 Å². The van der Waals surface area contributed by atoms with E-state index in [0.717, 1.165) is 27.6 Å². The van der Waals surface area contributed by atoms with Crippen LogP contribution in [0.25, 0.3) is 91.9 Å². The lowest BCUT2D eigenvalue weighted by molar-refractivity contribution is 0.673. The van der Waals surface area contributed by atoms with Crippen molar-refractivity contribution in [1.82, 2.24) is 4.57 Å². The lowest BCUT2D eigenvalue weighted by atomic mass is 9.96. The Labute approximate surface area is 263 Å². The summed E-state index contributed by atoms with van der Waals surface area (Å²) in [6.45, 7) is 0. The number of hydrogen-bond acceptors (Lipinski definition) is 2. The molecule has 0 amide bonds. The molecule has 0 aliphatic heterocycles. The standard InChI is InChI=1S/C42H25NOS/c1-5-16-36-30(12-1)31-13-2-6-17-37(31)43(36)29-22-20-26(21-23-29)27-10-9-11-28(24-27)34-25-35-32-14-3-7-18-38(32)44-41(35)40-33-15-4-8-19-39(33)45-42(34)40/h1-25H. The SMILES string of the molecule is c1cc(-c2ccc(-n3c4ccccc4c4ccccc43)cc2)cc(-c2cc3c4ccccc4oc3c3c2sc2ccccc23)c1. The topological polar surface area (TPSA) is 18.1 Å². The average molecular weight is 592 g/mol. The number of hydrogen-bond donors (Lipinski definition) is 0. The first-order chi connectivity index (χ1) is 22.3. The molecule has 3 aromatic heterocycles. The van der Waals surface area contributed by atoms with E-state index < -0.39 is 0 Å². The van der Waals surface area contributed by atoms with Crippen LogP contribution >= 0.6 is 11.3 Å². The molecule has 0 aliphatic rings. The number of benzene rings is 7. The van der Waals surface area contributed by atoms with Crippen molar-refractivity contribution >= 4 is 75.3 Å². The summed E-state index contributed by atoms with van der Waals surface area (Å²) in [5.41, 5.74) is 10.4. The van der Waals surface area contributed by atoms with Gasteiger partial charge in [-0.3, -0.25) is 0 Å². The van der Waals surface area contributed by atoms with E-state index in [1.54, 1.807) is 0 Å². The molecule has 0 atom stereocenters. The predicted molar refractivity (Wildman–Crippen MR) is 192 cm³/mol. The van der Waals surface area contributed by atoms with E-state index in [0.29, 0.717) is 0 Å². The fraction of sp³-hybridized carbons (Fsp3) is 0. The Morgan fingerprint density at radius 1 is 0.467 bits per heavy atom. The lowest BCUT2D eigenvalue weighted by Crippen LogP contribution is -1.93. The highest BCUT2D eigenvalue weighted by Gasteiger charge is 2.19. The average Bonchev–Trinajstić information content (AvgIpc) is 3.78. The molecule has 3 heteroatoms. The van der Waals surface area contributed by atoms with Gasteiger partial charge in [-0.05, 0) is 65.2 Å². The van der Waals surface area contributed by atoms with E-state index in [2.05, 4.69) is 150 Å². The molecule has 0 saturated carbocycles. The van der Waals surface area contributed by atoms with Crippen LogP contribution in [0.15, 0.2) is 156 Å². The molecule has 2 nitrogen and oxygen atoms in total. The molecule has 3 heterocycles.